The van der Waals surface area contributed by atoms with Crippen molar-refractivity contribution in [1.29, 1.82) is 0 Å². The summed E-state index contributed by atoms with van der Waals surface area (Å²) in [4.78, 5) is 28.7. The van der Waals surface area contributed by atoms with Crippen LogP contribution in [0.15, 0.2) is 78.9 Å². The summed E-state index contributed by atoms with van der Waals surface area (Å²) in [7, 11) is -2.28. The van der Waals surface area contributed by atoms with E-state index in [1.54, 1.807) is 50.4 Å². The number of benzene rings is 3. The Morgan fingerprint density at radius 2 is 1.58 bits per heavy atom. The molecule has 0 saturated heterocycles. The van der Waals surface area contributed by atoms with Crippen molar-refractivity contribution < 1.29 is 27.5 Å². The molecule has 0 aromatic heterocycles. The zero-order valence-electron chi connectivity index (χ0n) is 25.1. The maximum Gasteiger partial charge on any atom is 0.244 e. The summed E-state index contributed by atoms with van der Waals surface area (Å²) in [6.07, 6.45) is 6.16. The lowest BCUT2D eigenvalue weighted by molar-refractivity contribution is -0.139. The molecule has 43 heavy (non-hydrogen) atoms. The Morgan fingerprint density at radius 1 is 0.907 bits per heavy atom. The standard InChI is InChI=1S/C33H41N3O6S/c1-25(33(38)34-28-14-8-5-9-15-28)35(22-27-13-10-16-31(21-27)41-2)32(37)23-36(43(3,39)40)29-17-19-30(20-18-29)42-24-26-11-6-4-7-12-26/h4,6-7,10-13,16-21,25,28H,5,8-9,14-15,22-24H2,1-3H3,(H,34,38)/t25-/m0/s1. The summed E-state index contributed by atoms with van der Waals surface area (Å²) < 4.78 is 38.1. The number of nitrogens with one attached hydrogen (secondary N) is 1. The fourth-order valence-electron chi connectivity index (χ4n) is 5.18. The van der Waals surface area contributed by atoms with Gasteiger partial charge in [0.15, 0.2) is 0 Å². The van der Waals surface area contributed by atoms with Crippen LogP contribution in [0.25, 0.3) is 0 Å². The second-order valence-corrected chi connectivity index (χ2v) is 12.8. The highest BCUT2D eigenvalue weighted by Gasteiger charge is 2.31. The molecule has 10 heteroatoms. The predicted octanol–water partition coefficient (Wildman–Crippen LogP) is 4.91. The molecule has 1 aliphatic rings. The maximum absolute atomic E-state index is 13.9. The number of ether oxygens (including phenoxy) is 2. The lowest BCUT2D eigenvalue weighted by Gasteiger charge is -2.33. The maximum atomic E-state index is 13.9. The second kappa shape index (κ2) is 14.9. The van der Waals surface area contributed by atoms with E-state index >= 15 is 0 Å². The molecule has 1 saturated carbocycles. The topological polar surface area (TPSA) is 105 Å². The van der Waals surface area contributed by atoms with Crippen LogP contribution in [-0.4, -0.2) is 57.1 Å². The first-order chi connectivity index (χ1) is 20.6. The van der Waals surface area contributed by atoms with Crippen LogP contribution in [0.1, 0.15) is 50.2 Å². The van der Waals surface area contributed by atoms with Crippen LogP contribution >= 0.6 is 0 Å². The minimum atomic E-state index is -3.84. The summed E-state index contributed by atoms with van der Waals surface area (Å²) in [6.45, 7) is 1.70. The van der Waals surface area contributed by atoms with Gasteiger partial charge >= 0.3 is 0 Å². The Morgan fingerprint density at radius 3 is 2.23 bits per heavy atom. The van der Waals surface area contributed by atoms with Crippen molar-refractivity contribution in [1.82, 2.24) is 10.2 Å². The number of hydrogen-bond donors (Lipinski definition) is 1. The molecule has 0 radical (unpaired) electrons. The van der Waals surface area contributed by atoms with Crippen LogP contribution in [0.4, 0.5) is 5.69 Å². The number of anilines is 1. The lowest BCUT2D eigenvalue weighted by Crippen LogP contribution is -2.52. The largest absolute Gasteiger partial charge is 0.497 e. The van der Waals surface area contributed by atoms with Crippen LogP contribution in [0, 0.1) is 0 Å². The summed E-state index contributed by atoms with van der Waals surface area (Å²) in [5.74, 6) is 0.439. The van der Waals surface area contributed by atoms with Gasteiger partial charge in [-0.1, -0.05) is 61.7 Å². The van der Waals surface area contributed by atoms with Gasteiger partial charge in [0.25, 0.3) is 0 Å². The van der Waals surface area contributed by atoms with Crippen molar-refractivity contribution in [2.24, 2.45) is 0 Å². The van der Waals surface area contributed by atoms with Crippen molar-refractivity contribution >= 4 is 27.5 Å². The highest BCUT2D eigenvalue weighted by Crippen LogP contribution is 2.24. The first-order valence-corrected chi connectivity index (χ1v) is 16.5. The van der Waals surface area contributed by atoms with E-state index in [0.717, 1.165) is 53.8 Å². The molecule has 0 spiro atoms. The fourth-order valence-corrected chi connectivity index (χ4v) is 6.03. The van der Waals surface area contributed by atoms with Gasteiger partial charge in [0, 0.05) is 12.6 Å². The molecular formula is C33H41N3O6S. The number of nitrogens with zero attached hydrogens (tertiary/aromatic N) is 2. The van der Waals surface area contributed by atoms with Gasteiger partial charge in [-0.25, -0.2) is 8.42 Å². The fraction of sp³-hybridized carbons (Fsp3) is 0.394. The molecule has 3 aromatic carbocycles. The molecule has 9 nitrogen and oxygen atoms in total. The van der Waals surface area contributed by atoms with E-state index in [0.29, 0.717) is 23.8 Å². The Bertz CT molecular complexity index is 1460. The van der Waals surface area contributed by atoms with Crippen LogP contribution < -0.4 is 19.1 Å². The smallest absolute Gasteiger partial charge is 0.244 e. The summed E-state index contributed by atoms with van der Waals surface area (Å²) in [6, 6.07) is 22.8. The van der Waals surface area contributed by atoms with Crippen molar-refractivity contribution in [3.8, 4) is 11.5 Å². The lowest BCUT2D eigenvalue weighted by atomic mass is 9.95. The van der Waals surface area contributed by atoms with Gasteiger partial charge in [0.1, 0.15) is 30.7 Å². The van der Waals surface area contributed by atoms with E-state index < -0.39 is 28.5 Å². The van der Waals surface area contributed by atoms with E-state index in [2.05, 4.69) is 5.32 Å². The SMILES string of the molecule is COc1cccc(CN(C(=O)CN(c2ccc(OCc3ccccc3)cc2)S(C)(=O)=O)[C@@H](C)C(=O)NC2CCCCC2)c1. The third-order valence-corrected chi connectivity index (χ3v) is 8.80. The third-order valence-electron chi connectivity index (χ3n) is 7.66. The molecule has 1 N–H and O–H groups in total. The highest BCUT2D eigenvalue weighted by atomic mass is 32.2. The average molecular weight is 608 g/mol. The summed E-state index contributed by atoms with van der Waals surface area (Å²) >= 11 is 0. The van der Waals surface area contributed by atoms with Gasteiger partial charge in [-0.2, -0.15) is 0 Å². The summed E-state index contributed by atoms with van der Waals surface area (Å²) in [5, 5.41) is 3.10. The zero-order chi connectivity index (χ0) is 30.8. The van der Waals surface area contributed by atoms with E-state index in [9.17, 15) is 18.0 Å². The number of sulfonamides is 1. The van der Waals surface area contributed by atoms with Crippen LogP contribution in [0.3, 0.4) is 0 Å². The minimum Gasteiger partial charge on any atom is -0.497 e. The van der Waals surface area contributed by atoms with Gasteiger partial charge in [-0.3, -0.25) is 13.9 Å². The minimum absolute atomic E-state index is 0.0765. The molecule has 0 bridgehead atoms. The number of carbonyl (C=O) groups is 2. The number of rotatable bonds is 13. The molecule has 1 aliphatic carbocycles. The van der Waals surface area contributed by atoms with Crippen molar-refractivity contribution in [2.75, 3.05) is 24.2 Å². The Kier molecular flexibility index (Phi) is 11.1. The third kappa shape index (κ3) is 9.22. The normalized spacial score (nSPS) is 14.4. The first kappa shape index (κ1) is 31.9. The van der Waals surface area contributed by atoms with Gasteiger partial charge < -0.3 is 19.7 Å². The molecule has 0 heterocycles. The van der Waals surface area contributed by atoms with Crippen LogP contribution in [-0.2, 0) is 32.8 Å². The predicted molar refractivity (Wildman–Crippen MR) is 167 cm³/mol. The molecule has 230 valence electrons. The van der Waals surface area contributed by atoms with E-state index in [1.165, 1.54) is 4.90 Å². The Labute approximate surface area is 254 Å². The van der Waals surface area contributed by atoms with Gasteiger partial charge in [0.2, 0.25) is 21.8 Å². The van der Waals surface area contributed by atoms with Crippen LogP contribution in [0.5, 0.6) is 11.5 Å². The molecule has 3 aromatic rings. The molecular weight excluding hydrogens is 566 g/mol. The summed E-state index contributed by atoms with van der Waals surface area (Å²) in [5.41, 5.74) is 2.09. The number of hydrogen-bond acceptors (Lipinski definition) is 6. The van der Waals surface area contributed by atoms with Crippen molar-refractivity contribution in [3.05, 3.63) is 90.0 Å². The van der Waals surface area contributed by atoms with Crippen LogP contribution in [0.2, 0.25) is 0 Å². The molecule has 1 fully saturated rings. The van der Waals surface area contributed by atoms with Crippen molar-refractivity contribution in [3.63, 3.8) is 0 Å². The monoisotopic (exact) mass is 607 g/mol. The molecule has 0 aliphatic heterocycles. The molecule has 4 rings (SSSR count). The quantitative estimate of drug-likeness (QED) is 0.296. The number of amides is 2. The Balaban J connectivity index is 1.53. The number of carbonyl (C=O) groups excluding carboxylic acids is 2. The van der Waals surface area contributed by atoms with Gasteiger partial charge in [-0.15, -0.1) is 0 Å². The molecule has 2 amide bonds. The van der Waals surface area contributed by atoms with E-state index in [1.807, 2.05) is 42.5 Å². The molecule has 1 atom stereocenters. The second-order valence-electron chi connectivity index (χ2n) is 10.9. The first-order valence-electron chi connectivity index (χ1n) is 14.6. The average Bonchev–Trinajstić information content (AvgIpc) is 3.02. The van der Waals surface area contributed by atoms with E-state index in [4.69, 9.17) is 9.47 Å². The Hall–Kier alpha value is -4.05. The number of methoxy groups -OCH3 is 1. The highest BCUT2D eigenvalue weighted by molar-refractivity contribution is 7.92. The van der Waals surface area contributed by atoms with Gasteiger partial charge in [-0.05, 0) is 67.3 Å². The zero-order valence-corrected chi connectivity index (χ0v) is 25.9. The van der Waals surface area contributed by atoms with Gasteiger partial charge in [0.05, 0.1) is 19.1 Å². The van der Waals surface area contributed by atoms with E-state index in [-0.39, 0.29) is 18.5 Å². The van der Waals surface area contributed by atoms with Crippen molar-refractivity contribution in [2.45, 2.75) is 64.3 Å². The molecule has 0 unspecified atom stereocenters.